The van der Waals surface area contributed by atoms with Crippen molar-refractivity contribution in [3.8, 4) is 0 Å². The molecule has 0 radical (unpaired) electrons. The van der Waals surface area contributed by atoms with E-state index in [9.17, 15) is 4.79 Å². The highest BCUT2D eigenvalue weighted by Crippen LogP contribution is 2.27. The lowest BCUT2D eigenvalue weighted by molar-refractivity contribution is 0.0384. The fourth-order valence-electron chi connectivity index (χ4n) is 3.51. The number of amides is 1. The van der Waals surface area contributed by atoms with Gasteiger partial charge in [-0.25, -0.2) is 4.98 Å². The van der Waals surface area contributed by atoms with E-state index >= 15 is 0 Å². The number of carbonyl (C=O) groups is 1. The zero-order chi connectivity index (χ0) is 22.2. The van der Waals surface area contributed by atoms with Gasteiger partial charge in [-0.2, -0.15) is 0 Å². The molecular formula is C23H28ClN5O2. The predicted molar refractivity (Wildman–Crippen MR) is 122 cm³/mol. The van der Waals surface area contributed by atoms with Crippen molar-refractivity contribution in [1.29, 1.82) is 0 Å². The Morgan fingerprint density at radius 1 is 1.23 bits per heavy atom. The van der Waals surface area contributed by atoms with Crippen molar-refractivity contribution in [2.75, 3.05) is 32.8 Å². The number of primary amides is 1. The van der Waals surface area contributed by atoms with Gasteiger partial charge in [0.1, 0.15) is 5.69 Å². The average molecular weight is 442 g/mol. The summed E-state index contributed by atoms with van der Waals surface area (Å²) in [6.45, 7) is 8.55. The summed E-state index contributed by atoms with van der Waals surface area (Å²) in [5.41, 5.74) is 8.04. The van der Waals surface area contributed by atoms with Gasteiger partial charge in [0.2, 0.25) is 0 Å². The number of morpholine rings is 1. The van der Waals surface area contributed by atoms with Gasteiger partial charge in [0.15, 0.2) is 0 Å². The van der Waals surface area contributed by atoms with Crippen molar-refractivity contribution in [2.45, 2.75) is 26.7 Å². The quantitative estimate of drug-likeness (QED) is 0.653. The van der Waals surface area contributed by atoms with Crippen molar-refractivity contribution >= 4 is 28.3 Å². The second kappa shape index (κ2) is 11.1. The number of nitrogens with two attached hydrogens (primary N) is 1. The molecule has 0 aliphatic carbocycles. The number of hydrogen-bond acceptors (Lipinski definition) is 6. The van der Waals surface area contributed by atoms with E-state index in [4.69, 9.17) is 27.1 Å². The summed E-state index contributed by atoms with van der Waals surface area (Å²) < 4.78 is 5.40. The van der Waals surface area contributed by atoms with Gasteiger partial charge in [0.25, 0.3) is 5.91 Å². The normalized spacial score (nSPS) is 14.2. The Morgan fingerprint density at radius 3 is 2.61 bits per heavy atom. The largest absolute Gasteiger partial charge is 0.379 e. The zero-order valence-corrected chi connectivity index (χ0v) is 18.7. The van der Waals surface area contributed by atoms with Crippen LogP contribution in [0.15, 0.2) is 36.7 Å². The van der Waals surface area contributed by atoms with Crippen molar-refractivity contribution in [1.82, 2.24) is 19.9 Å². The smallest absolute Gasteiger partial charge is 0.269 e. The van der Waals surface area contributed by atoms with Gasteiger partial charge in [-0.1, -0.05) is 30.7 Å². The Morgan fingerprint density at radius 2 is 1.97 bits per heavy atom. The molecular weight excluding hydrogens is 414 g/mol. The van der Waals surface area contributed by atoms with Crippen LogP contribution >= 0.6 is 11.6 Å². The van der Waals surface area contributed by atoms with Crippen LogP contribution in [-0.4, -0.2) is 58.6 Å². The van der Waals surface area contributed by atoms with E-state index in [2.05, 4.69) is 33.9 Å². The highest BCUT2D eigenvalue weighted by Gasteiger charge is 2.13. The molecule has 1 aromatic carbocycles. The van der Waals surface area contributed by atoms with Crippen LogP contribution < -0.4 is 5.73 Å². The zero-order valence-electron chi connectivity index (χ0n) is 18.0. The number of nitrogens with zero attached hydrogens (tertiary/aromatic N) is 4. The van der Waals surface area contributed by atoms with E-state index in [1.807, 2.05) is 12.1 Å². The highest BCUT2D eigenvalue weighted by atomic mass is 35.5. The van der Waals surface area contributed by atoms with Gasteiger partial charge in [-0.05, 0) is 30.9 Å². The van der Waals surface area contributed by atoms with Crippen LogP contribution in [0.3, 0.4) is 0 Å². The molecule has 1 saturated heterocycles. The minimum absolute atomic E-state index is 0.238. The summed E-state index contributed by atoms with van der Waals surface area (Å²) in [4.78, 5) is 25.4. The Bertz CT molecular complexity index is 1040. The predicted octanol–water partition coefficient (Wildman–Crippen LogP) is 3.21. The SMILES string of the molecule is CCc1cc2cccc(Cl)c2c(CCN2CCOCC2)n1.Cc1nccnc1C(N)=O. The molecule has 1 fully saturated rings. The maximum atomic E-state index is 10.5. The minimum Gasteiger partial charge on any atom is -0.379 e. The first-order valence-electron chi connectivity index (χ1n) is 10.4. The molecule has 3 heterocycles. The van der Waals surface area contributed by atoms with Crippen LogP contribution in [0, 0.1) is 6.92 Å². The third-order valence-corrected chi connectivity index (χ3v) is 5.50. The average Bonchev–Trinajstić information content (AvgIpc) is 2.78. The molecule has 0 atom stereocenters. The first-order chi connectivity index (χ1) is 15.0. The van der Waals surface area contributed by atoms with Crippen LogP contribution in [-0.2, 0) is 17.6 Å². The van der Waals surface area contributed by atoms with Gasteiger partial charge in [0.05, 0.1) is 29.6 Å². The van der Waals surface area contributed by atoms with E-state index in [0.29, 0.717) is 5.69 Å². The molecule has 4 rings (SSSR count). The summed E-state index contributed by atoms with van der Waals surface area (Å²) in [7, 11) is 0. The van der Waals surface area contributed by atoms with Crippen LogP contribution in [0.5, 0.6) is 0 Å². The lowest BCUT2D eigenvalue weighted by atomic mass is 10.1. The molecule has 0 saturated carbocycles. The summed E-state index contributed by atoms with van der Waals surface area (Å²) in [5.74, 6) is -0.536. The Balaban J connectivity index is 0.000000229. The molecule has 3 aromatic rings. The summed E-state index contributed by atoms with van der Waals surface area (Å²) in [6, 6.07) is 8.24. The second-order valence-electron chi connectivity index (χ2n) is 7.31. The van der Waals surface area contributed by atoms with Crippen LogP contribution in [0.4, 0.5) is 0 Å². The molecule has 0 spiro atoms. The van der Waals surface area contributed by atoms with E-state index in [0.717, 1.165) is 67.5 Å². The molecule has 1 aliphatic heterocycles. The fourth-order valence-corrected chi connectivity index (χ4v) is 3.80. The lowest BCUT2D eigenvalue weighted by Crippen LogP contribution is -2.37. The van der Waals surface area contributed by atoms with E-state index < -0.39 is 5.91 Å². The number of aromatic nitrogens is 3. The molecule has 0 bridgehead atoms. The van der Waals surface area contributed by atoms with Crippen LogP contribution in [0.2, 0.25) is 5.02 Å². The molecule has 1 aliphatic rings. The molecule has 2 aromatic heterocycles. The molecule has 0 unspecified atom stereocenters. The van der Waals surface area contributed by atoms with E-state index in [1.165, 1.54) is 17.8 Å². The standard InChI is InChI=1S/C17H21ClN2O.C6H7N3O/c1-2-14-12-13-4-3-5-15(18)17(13)16(19-14)6-7-20-8-10-21-11-9-20;1-4-5(6(7)10)9-3-2-8-4/h3-5,12H,2,6-11H2,1H3;2-3H,1H3,(H2,7,10). The van der Waals surface area contributed by atoms with Gasteiger partial charge in [0, 0.05) is 49.5 Å². The lowest BCUT2D eigenvalue weighted by Gasteiger charge is -2.26. The van der Waals surface area contributed by atoms with Gasteiger partial charge in [-0.15, -0.1) is 0 Å². The third-order valence-electron chi connectivity index (χ3n) is 5.18. The van der Waals surface area contributed by atoms with Crippen LogP contribution in [0.1, 0.15) is 34.5 Å². The monoisotopic (exact) mass is 441 g/mol. The molecule has 164 valence electrons. The maximum absolute atomic E-state index is 10.5. The molecule has 2 N–H and O–H groups in total. The van der Waals surface area contributed by atoms with E-state index in [-0.39, 0.29) is 5.69 Å². The number of ether oxygens (including phenoxy) is 1. The van der Waals surface area contributed by atoms with Gasteiger partial charge >= 0.3 is 0 Å². The molecule has 1 amide bonds. The van der Waals surface area contributed by atoms with E-state index in [1.54, 1.807) is 6.92 Å². The number of carbonyl (C=O) groups excluding carboxylic acids is 1. The number of fused-ring (bicyclic) bond motifs is 1. The third kappa shape index (κ3) is 6.19. The summed E-state index contributed by atoms with van der Waals surface area (Å²) >= 11 is 6.41. The first kappa shape index (κ1) is 23.1. The van der Waals surface area contributed by atoms with Gasteiger partial charge in [-0.3, -0.25) is 19.7 Å². The molecule has 7 nitrogen and oxygen atoms in total. The summed E-state index contributed by atoms with van der Waals surface area (Å²) in [6.07, 6.45) is 4.84. The summed E-state index contributed by atoms with van der Waals surface area (Å²) in [5, 5.41) is 3.12. The fraction of sp³-hybridized carbons (Fsp3) is 0.391. The van der Waals surface area contributed by atoms with Crippen molar-refractivity contribution in [3.05, 3.63) is 64.5 Å². The molecule has 31 heavy (non-hydrogen) atoms. The van der Waals surface area contributed by atoms with Crippen molar-refractivity contribution in [2.24, 2.45) is 5.73 Å². The van der Waals surface area contributed by atoms with Gasteiger partial charge < -0.3 is 10.5 Å². The Labute approximate surface area is 187 Å². The number of benzene rings is 1. The van der Waals surface area contributed by atoms with Crippen molar-refractivity contribution < 1.29 is 9.53 Å². The number of aryl methyl sites for hydroxylation is 2. The number of hydrogen-bond donors (Lipinski definition) is 1. The van der Waals surface area contributed by atoms with Crippen molar-refractivity contribution in [3.63, 3.8) is 0 Å². The Kier molecular flexibility index (Phi) is 8.28. The topological polar surface area (TPSA) is 94.2 Å². The highest BCUT2D eigenvalue weighted by molar-refractivity contribution is 6.35. The minimum atomic E-state index is -0.536. The second-order valence-corrected chi connectivity index (χ2v) is 7.72. The van der Waals surface area contributed by atoms with Crippen LogP contribution in [0.25, 0.3) is 10.8 Å². The first-order valence-corrected chi connectivity index (χ1v) is 10.8. The number of halogens is 1. The number of pyridine rings is 1. The molecule has 8 heteroatoms. The maximum Gasteiger partial charge on any atom is 0.269 e. The number of rotatable bonds is 5. The Hall–Kier alpha value is -2.61.